The van der Waals surface area contributed by atoms with Crippen molar-refractivity contribution in [2.24, 2.45) is 5.92 Å². The molecule has 1 saturated heterocycles. The fourth-order valence-electron chi connectivity index (χ4n) is 3.39. The lowest BCUT2D eigenvalue weighted by atomic mass is 9.94. The predicted octanol–water partition coefficient (Wildman–Crippen LogP) is 2.61. The number of carbonyl (C=O) groups excluding carboxylic acids is 2. The first kappa shape index (κ1) is 15.3. The minimum absolute atomic E-state index is 0.103. The summed E-state index contributed by atoms with van der Waals surface area (Å²) in [7, 11) is 0. The van der Waals surface area contributed by atoms with Gasteiger partial charge in [-0.2, -0.15) is 0 Å². The van der Waals surface area contributed by atoms with E-state index in [2.05, 4.69) is 0 Å². The first-order valence-corrected chi connectivity index (χ1v) is 8.14. The van der Waals surface area contributed by atoms with E-state index in [-0.39, 0.29) is 11.7 Å². The quantitative estimate of drug-likeness (QED) is 0.858. The Morgan fingerprint density at radius 3 is 2.82 bits per heavy atom. The third kappa shape index (κ3) is 2.70. The van der Waals surface area contributed by atoms with Crippen molar-refractivity contribution in [2.45, 2.75) is 39.5 Å². The Morgan fingerprint density at radius 1 is 1.36 bits per heavy atom. The molecule has 1 atom stereocenters. The van der Waals surface area contributed by atoms with Gasteiger partial charge in [-0.05, 0) is 26.7 Å². The molecule has 0 radical (unpaired) electrons. The van der Waals surface area contributed by atoms with Gasteiger partial charge in [-0.1, -0.05) is 0 Å². The topological polar surface area (TPSA) is 59.8 Å². The van der Waals surface area contributed by atoms with Gasteiger partial charge in [0.25, 0.3) is 5.91 Å². The number of hydrogen-bond acceptors (Lipinski definition) is 4. The summed E-state index contributed by atoms with van der Waals surface area (Å²) >= 11 is 0. The highest BCUT2D eigenvalue weighted by molar-refractivity contribution is 6.03. The van der Waals surface area contributed by atoms with Crippen molar-refractivity contribution in [1.82, 2.24) is 4.90 Å². The highest BCUT2D eigenvalue weighted by Gasteiger charge is 2.31. The number of Topliss-reactive ketones (excluding diaryl/α,β-unsaturated/α-hetero) is 1. The number of furan rings is 1. The number of ether oxygens (including phenoxy) is 1. The zero-order valence-electron chi connectivity index (χ0n) is 13.3. The zero-order valence-corrected chi connectivity index (χ0v) is 13.3. The average Bonchev–Trinajstić information content (AvgIpc) is 3.13. The van der Waals surface area contributed by atoms with Crippen molar-refractivity contribution in [1.29, 1.82) is 0 Å². The van der Waals surface area contributed by atoms with Gasteiger partial charge in [0.15, 0.2) is 11.5 Å². The predicted molar refractivity (Wildman–Crippen MR) is 81.2 cm³/mol. The summed E-state index contributed by atoms with van der Waals surface area (Å²) in [6.45, 7) is 6.61. The fraction of sp³-hybridized carbons (Fsp3) is 0.647. The number of hydrogen-bond donors (Lipinski definition) is 0. The molecule has 2 aliphatic rings. The molecule has 2 heterocycles. The number of nitrogens with zero attached hydrogens (tertiary/aromatic N) is 1. The van der Waals surface area contributed by atoms with E-state index >= 15 is 0 Å². The monoisotopic (exact) mass is 305 g/mol. The molecular formula is C17H23NO4. The third-order valence-corrected chi connectivity index (χ3v) is 4.67. The third-order valence-electron chi connectivity index (χ3n) is 4.67. The van der Waals surface area contributed by atoms with Gasteiger partial charge < -0.3 is 14.1 Å². The van der Waals surface area contributed by atoms with Crippen LogP contribution in [0, 0.1) is 12.8 Å². The summed E-state index contributed by atoms with van der Waals surface area (Å²) in [5.74, 6) is 1.44. The molecule has 1 aliphatic carbocycles. The van der Waals surface area contributed by atoms with E-state index in [9.17, 15) is 9.59 Å². The van der Waals surface area contributed by atoms with Gasteiger partial charge in [0.05, 0.1) is 12.2 Å². The molecule has 3 rings (SSSR count). The normalized spacial score (nSPS) is 21.0. The summed E-state index contributed by atoms with van der Waals surface area (Å²) in [6, 6.07) is 0. The van der Waals surface area contributed by atoms with Gasteiger partial charge in [0.1, 0.15) is 5.76 Å². The van der Waals surface area contributed by atoms with Crippen LogP contribution in [0.1, 0.15) is 58.4 Å². The van der Waals surface area contributed by atoms with Crippen molar-refractivity contribution in [3.05, 3.63) is 22.6 Å². The van der Waals surface area contributed by atoms with Crippen LogP contribution < -0.4 is 0 Å². The van der Waals surface area contributed by atoms with Crippen LogP contribution >= 0.6 is 0 Å². The lowest BCUT2D eigenvalue weighted by Crippen LogP contribution is -2.35. The molecule has 0 aromatic carbocycles. The number of rotatable bonds is 4. The summed E-state index contributed by atoms with van der Waals surface area (Å²) < 4.78 is 11.2. The molecule has 0 bridgehead atoms. The SMILES string of the molecule is CCN(C[C@@H]1CCOC1)C(=O)c1oc2c(c1C)C(=O)CCC2. The molecule has 0 saturated carbocycles. The lowest BCUT2D eigenvalue weighted by molar-refractivity contribution is 0.0695. The second-order valence-electron chi connectivity index (χ2n) is 6.20. The smallest absolute Gasteiger partial charge is 0.289 e. The van der Waals surface area contributed by atoms with Gasteiger partial charge in [-0.3, -0.25) is 9.59 Å². The molecule has 0 N–H and O–H groups in total. The van der Waals surface area contributed by atoms with E-state index in [4.69, 9.17) is 9.15 Å². The first-order chi connectivity index (χ1) is 10.6. The van der Waals surface area contributed by atoms with Crippen LogP contribution in [-0.4, -0.2) is 42.9 Å². The molecule has 120 valence electrons. The van der Waals surface area contributed by atoms with Crippen molar-refractivity contribution in [2.75, 3.05) is 26.3 Å². The Balaban J connectivity index is 1.82. The van der Waals surface area contributed by atoms with Crippen LogP contribution in [0.5, 0.6) is 0 Å². The molecule has 0 spiro atoms. The highest BCUT2D eigenvalue weighted by Crippen LogP contribution is 2.30. The van der Waals surface area contributed by atoms with E-state index in [1.54, 1.807) is 4.90 Å². The largest absolute Gasteiger partial charge is 0.455 e. The second kappa shape index (κ2) is 6.24. The van der Waals surface area contributed by atoms with Crippen LogP contribution in [0.3, 0.4) is 0 Å². The summed E-state index contributed by atoms with van der Waals surface area (Å²) in [6.07, 6.45) is 3.11. The van der Waals surface area contributed by atoms with Crippen LogP contribution in [0.15, 0.2) is 4.42 Å². The molecule has 5 nitrogen and oxygen atoms in total. The Bertz CT molecular complexity index is 584. The number of aryl methyl sites for hydroxylation is 1. The number of fused-ring (bicyclic) bond motifs is 1. The number of carbonyl (C=O) groups is 2. The molecule has 1 aromatic heterocycles. The van der Waals surface area contributed by atoms with Gasteiger partial charge >= 0.3 is 0 Å². The van der Waals surface area contributed by atoms with Crippen molar-refractivity contribution in [3.8, 4) is 0 Å². The highest BCUT2D eigenvalue weighted by atomic mass is 16.5. The number of amides is 1. The first-order valence-electron chi connectivity index (χ1n) is 8.14. The van der Waals surface area contributed by atoms with Crippen LogP contribution in [0.4, 0.5) is 0 Å². The van der Waals surface area contributed by atoms with Crippen molar-refractivity contribution >= 4 is 11.7 Å². The zero-order chi connectivity index (χ0) is 15.7. The van der Waals surface area contributed by atoms with Gasteiger partial charge in [-0.25, -0.2) is 0 Å². The maximum Gasteiger partial charge on any atom is 0.289 e. The van der Waals surface area contributed by atoms with Crippen molar-refractivity contribution in [3.63, 3.8) is 0 Å². The minimum atomic E-state index is -0.103. The van der Waals surface area contributed by atoms with E-state index in [1.165, 1.54) is 0 Å². The second-order valence-corrected chi connectivity index (χ2v) is 6.20. The Morgan fingerprint density at radius 2 is 2.18 bits per heavy atom. The van der Waals surface area contributed by atoms with E-state index in [0.717, 1.165) is 32.5 Å². The van der Waals surface area contributed by atoms with E-state index in [0.29, 0.717) is 48.1 Å². The Hall–Kier alpha value is -1.62. The van der Waals surface area contributed by atoms with E-state index in [1.807, 2.05) is 13.8 Å². The Kier molecular flexibility index (Phi) is 4.34. The maximum absolute atomic E-state index is 12.8. The van der Waals surface area contributed by atoms with Crippen molar-refractivity contribution < 1.29 is 18.7 Å². The van der Waals surface area contributed by atoms with Gasteiger partial charge in [0, 0.05) is 44.0 Å². The molecule has 1 aromatic rings. The molecule has 5 heteroatoms. The van der Waals surface area contributed by atoms with Crippen LogP contribution in [0.25, 0.3) is 0 Å². The Labute approximate surface area is 130 Å². The molecule has 0 unspecified atom stereocenters. The maximum atomic E-state index is 12.8. The standard InChI is InChI=1S/C17H23NO4/c1-3-18(9-12-7-8-21-10-12)17(20)16-11(2)15-13(19)5-4-6-14(15)22-16/h12H,3-10H2,1-2H3/t12-/m0/s1. The molecule has 1 amide bonds. The lowest BCUT2D eigenvalue weighted by Gasteiger charge is -2.23. The minimum Gasteiger partial charge on any atom is -0.455 e. The molecule has 1 aliphatic heterocycles. The molecule has 1 fully saturated rings. The van der Waals surface area contributed by atoms with Crippen LogP contribution in [0.2, 0.25) is 0 Å². The number of ketones is 1. The van der Waals surface area contributed by atoms with Gasteiger partial charge in [0.2, 0.25) is 0 Å². The molecule has 22 heavy (non-hydrogen) atoms. The summed E-state index contributed by atoms with van der Waals surface area (Å²) in [5, 5.41) is 0. The van der Waals surface area contributed by atoms with Gasteiger partial charge in [-0.15, -0.1) is 0 Å². The average molecular weight is 305 g/mol. The summed E-state index contributed by atoms with van der Waals surface area (Å²) in [4.78, 5) is 26.7. The van der Waals surface area contributed by atoms with Crippen LogP contribution in [-0.2, 0) is 11.2 Å². The fourth-order valence-corrected chi connectivity index (χ4v) is 3.39. The summed E-state index contributed by atoms with van der Waals surface area (Å²) in [5.41, 5.74) is 1.36. The van der Waals surface area contributed by atoms with E-state index < -0.39 is 0 Å². The molecular weight excluding hydrogens is 282 g/mol.